The molecule has 0 radical (unpaired) electrons. The van der Waals surface area contributed by atoms with Gasteiger partial charge >= 0.3 is 5.97 Å². The number of hydrogen-bond acceptors (Lipinski definition) is 4. The Morgan fingerprint density at radius 3 is 2.94 bits per heavy atom. The smallest absolute Gasteiger partial charge is 0.305 e. The van der Waals surface area contributed by atoms with Crippen LogP contribution in [0.25, 0.3) is 0 Å². The molecule has 1 N–H and O–H groups in total. The quantitative estimate of drug-likeness (QED) is 0.531. The van der Waals surface area contributed by atoms with Gasteiger partial charge in [0.2, 0.25) is 0 Å². The number of methoxy groups -OCH3 is 1. The van der Waals surface area contributed by atoms with E-state index in [-0.39, 0.29) is 5.97 Å². The Bertz CT molecular complexity index is 191. The molecule has 16 heavy (non-hydrogen) atoms. The van der Waals surface area contributed by atoms with Gasteiger partial charge in [-0.2, -0.15) is 0 Å². The molecular formula is C12H23NO3. The average Bonchev–Trinajstić information content (AvgIpc) is 2.34. The second-order valence-electron chi connectivity index (χ2n) is 4.23. The van der Waals surface area contributed by atoms with Gasteiger partial charge < -0.3 is 14.8 Å². The monoisotopic (exact) mass is 229 g/mol. The van der Waals surface area contributed by atoms with E-state index < -0.39 is 0 Å². The van der Waals surface area contributed by atoms with Crippen LogP contribution in [0.15, 0.2) is 0 Å². The molecule has 0 bridgehead atoms. The molecule has 94 valence electrons. The zero-order valence-corrected chi connectivity index (χ0v) is 10.2. The first-order chi connectivity index (χ1) is 7.83. The molecule has 1 fully saturated rings. The minimum absolute atomic E-state index is 0.155. The van der Waals surface area contributed by atoms with Crippen LogP contribution >= 0.6 is 0 Å². The molecule has 1 aliphatic rings. The third kappa shape index (κ3) is 6.08. The summed E-state index contributed by atoms with van der Waals surface area (Å²) in [6.45, 7) is 2.59. The molecule has 4 nitrogen and oxygen atoms in total. The first kappa shape index (κ1) is 13.5. The van der Waals surface area contributed by atoms with E-state index in [1.54, 1.807) is 0 Å². The van der Waals surface area contributed by atoms with Crippen molar-refractivity contribution in [3.8, 4) is 0 Å². The number of piperidine rings is 1. The molecule has 1 atom stereocenters. The molecule has 1 rings (SSSR count). The second kappa shape index (κ2) is 8.53. The van der Waals surface area contributed by atoms with Crippen LogP contribution in [0.4, 0.5) is 0 Å². The Kier molecular flexibility index (Phi) is 7.17. The fourth-order valence-corrected chi connectivity index (χ4v) is 1.92. The highest BCUT2D eigenvalue weighted by molar-refractivity contribution is 5.68. The van der Waals surface area contributed by atoms with Crippen LogP contribution in [0.1, 0.15) is 38.5 Å². The Morgan fingerprint density at radius 1 is 1.38 bits per heavy atom. The minimum Gasteiger partial charge on any atom is -0.469 e. The maximum Gasteiger partial charge on any atom is 0.305 e. The number of carbonyl (C=O) groups excluding carboxylic acids is 1. The van der Waals surface area contributed by atoms with Gasteiger partial charge in [-0.1, -0.05) is 6.42 Å². The van der Waals surface area contributed by atoms with E-state index in [9.17, 15) is 4.79 Å². The lowest BCUT2D eigenvalue weighted by atomic mass is 10.0. The van der Waals surface area contributed by atoms with Crippen molar-refractivity contribution in [2.75, 3.05) is 26.9 Å². The van der Waals surface area contributed by atoms with Crippen molar-refractivity contribution in [3.05, 3.63) is 0 Å². The molecule has 1 heterocycles. The number of hydrogen-bond donors (Lipinski definition) is 1. The topological polar surface area (TPSA) is 47.6 Å². The molecule has 0 amide bonds. The van der Waals surface area contributed by atoms with E-state index in [4.69, 9.17) is 4.74 Å². The maximum atomic E-state index is 10.8. The van der Waals surface area contributed by atoms with E-state index in [1.165, 1.54) is 26.4 Å². The Hall–Kier alpha value is -0.610. The Labute approximate surface area is 97.7 Å². The normalized spacial score (nSPS) is 20.7. The summed E-state index contributed by atoms with van der Waals surface area (Å²) in [5.74, 6) is -0.155. The predicted molar refractivity (Wildman–Crippen MR) is 62.3 cm³/mol. The molecule has 1 saturated heterocycles. The van der Waals surface area contributed by atoms with Crippen molar-refractivity contribution < 1.29 is 14.3 Å². The lowest BCUT2D eigenvalue weighted by Gasteiger charge is -2.23. The van der Waals surface area contributed by atoms with Crippen molar-refractivity contribution in [2.24, 2.45) is 0 Å². The van der Waals surface area contributed by atoms with Gasteiger partial charge in [0.05, 0.1) is 7.11 Å². The summed E-state index contributed by atoms with van der Waals surface area (Å²) in [4.78, 5) is 10.8. The minimum atomic E-state index is -0.155. The standard InChI is InChI=1S/C12H23NO3/c1-15-12(14)6-4-9-16-10-7-11-5-2-3-8-13-11/h11,13H,2-10H2,1H3. The van der Waals surface area contributed by atoms with Gasteiger partial charge in [-0.25, -0.2) is 0 Å². The van der Waals surface area contributed by atoms with Crippen molar-refractivity contribution in [1.82, 2.24) is 5.32 Å². The molecule has 1 aliphatic heterocycles. The number of rotatable bonds is 7. The third-order valence-corrected chi connectivity index (χ3v) is 2.92. The Morgan fingerprint density at radius 2 is 2.25 bits per heavy atom. The molecular weight excluding hydrogens is 206 g/mol. The SMILES string of the molecule is COC(=O)CCCOCCC1CCCCN1. The summed E-state index contributed by atoms with van der Waals surface area (Å²) in [6.07, 6.45) is 6.20. The predicted octanol–water partition coefficient (Wildman–Crippen LogP) is 1.49. The number of ether oxygens (including phenoxy) is 2. The second-order valence-corrected chi connectivity index (χ2v) is 4.23. The molecule has 0 aliphatic carbocycles. The van der Waals surface area contributed by atoms with Gasteiger partial charge in [0.15, 0.2) is 0 Å². The Balaban J connectivity index is 1.85. The van der Waals surface area contributed by atoms with Crippen LogP contribution in [-0.2, 0) is 14.3 Å². The molecule has 0 spiro atoms. The first-order valence-corrected chi connectivity index (χ1v) is 6.21. The van der Waals surface area contributed by atoms with Crippen molar-refractivity contribution in [2.45, 2.75) is 44.6 Å². The van der Waals surface area contributed by atoms with Gasteiger partial charge in [0.1, 0.15) is 0 Å². The fraction of sp³-hybridized carbons (Fsp3) is 0.917. The molecule has 0 saturated carbocycles. The van der Waals surface area contributed by atoms with E-state index >= 15 is 0 Å². The molecule has 0 aromatic carbocycles. The highest BCUT2D eigenvalue weighted by Gasteiger charge is 2.11. The highest BCUT2D eigenvalue weighted by Crippen LogP contribution is 2.09. The zero-order chi connectivity index (χ0) is 11.6. The molecule has 0 aromatic rings. The third-order valence-electron chi connectivity index (χ3n) is 2.92. The fourth-order valence-electron chi connectivity index (χ4n) is 1.92. The van der Waals surface area contributed by atoms with Crippen LogP contribution in [0, 0.1) is 0 Å². The summed E-state index contributed by atoms with van der Waals surface area (Å²) < 4.78 is 10.0. The van der Waals surface area contributed by atoms with E-state index in [0.717, 1.165) is 26.0 Å². The van der Waals surface area contributed by atoms with Gasteiger partial charge in [-0.15, -0.1) is 0 Å². The average molecular weight is 229 g/mol. The van der Waals surface area contributed by atoms with Crippen LogP contribution in [-0.4, -0.2) is 38.9 Å². The highest BCUT2D eigenvalue weighted by atomic mass is 16.5. The lowest BCUT2D eigenvalue weighted by molar-refractivity contribution is -0.141. The summed E-state index contributed by atoms with van der Waals surface area (Å²) in [6, 6.07) is 0.634. The van der Waals surface area contributed by atoms with Crippen molar-refractivity contribution in [1.29, 1.82) is 0 Å². The van der Waals surface area contributed by atoms with E-state index in [1.807, 2.05) is 0 Å². The van der Waals surface area contributed by atoms with Crippen molar-refractivity contribution in [3.63, 3.8) is 0 Å². The lowest BCUT2D eigenvalue weighted by Crippen LogP contribution is -2.34. The number of carbonyl (C=O) groups is 1. The maximum absolute atomic E-state index is 10.8. The van der Waals surface area contributed by atoms with Gasteiger partial charge in [-0.3, -0.25) is 4.79 Å². The summed E-state index contributed by atoms with van der Waals surface area (Å²) in [5.41, 5.74) is 0. The van der Waals surface area contributed by atoms with Gasteiger partial charge in [0.25, 0.3) is 0 Å². The largest absolute Gasteiger partial charge is 0.469 e. The summed E-state index contributed by atoms with van der Waals surface area (Å²) in [5, 5.41) is 3.48. The zero-order valence-electron chi connectivity index (χ0n) is 10.2. The molecule has 1 unspecified atom stereocenters. The molecule has 4 heteroatoms. The van der Waals surface area contributed by atoms with Crippen LogP contribution in [0.2, 0.25) is 0 Å². The van der Waals surface area contributed by atoms with Crippen LogP contribution in [0.5, 0.6) is 0 Å². The van der Waals surface area contributed by atoms with Crippen LogP contribution < -0.4 is 5.32 Å². The van der Waals surface area contributed by atoms with Crippen molar-refractivity contribution >= 4 is 5.97 Å². The van der Waals surface area contributed by atoms with E-state index in [0.29, 0.717) is 19.1 Å². The summed E-state index contributed by atoms with van der Waals surface area (Å²) in [7, 11) is 1.41. The summed E-state index contributed by atoms with van der Waals surface area (Å²) >= 11 is 0. The van der Waals surface area contributed by atoms with Crippen LogP contribution in [0.3, 0.4) is 0 Å². The van der Waals surface area contributed by atoms with Gasteiger partial charge in [-0.05, 0) is 32.2 Å². The molecule has 0 aromatic heterocycles. The number of esters is 1. The van der Waals surface area contributed by atoms with E-state index in [2.05, 4.69) is 10.1 Å². The number of nitrogens with one attached hydrogen (secondary N) is 1. The first-order valence-electron chi connectivity index (χ1n) is 6.21. The van der Waals surface area contributed by atoms with Gasteiger partial charge in [0, 0.05) is 25.7 Å².